The predicted molar refractivity (Wildman–Crippen MR) is 111 cm³/mol. The third kappa shape index (κ3) is 4.37. The van der Waals surface area contributed by atoms with Crippen molar-refractivity contribution in [3.8, 4) is 11.4 Å². The summed E-state index contributed by atoms with van der Waals surface area (Å²) < 4.78 is 33.6. The van der Waals surface area contributed by atoms with Crippen molar-refractivity contribution in [1.82, 2.24) is 9.47 Å². The van der Waals surface area contributed by atoms with Crippen molar-refractivity contribution in [2.45, 2.75) is 31.8 Å². The minimum absolute atomic E-state index is 0.0879. The van der Waals surface area contributed by atoms with Crippen LogP contribution in [-0.4, -0.2) is 34.6 Å². The van der Waals surface area contributed by atoms with E-state index >= 15 is 0 Å². The predicted octanol–water partition coefficient (Wildman–Crippen LogP) is 5.49. The normalized spacial score (nSPS) is 15.2. The summed E-state index contributed by atoms with van der Waals surface area (Å²) in [5.41, 5.74) is 2.51. The fourth-order valence-electron chi connectivity index (χ4n) is 4.02. The molecule has 0 spiro atoms. The molecule has 1 saturated heterocycles. The quantitative estimate of drug-likeness (QED) is 0.558. The van der Waals surface area contributed by atoms with Crippen LogP contribution in [0.1, 0.15) is 41.7 Å². The number of carbonyl (C=O) groups excluding carboxylic acids is 1. The maximum atomic E-state index is 13.3. The third-order valence-electron chi connectivity index (χ3n) is 5.42. The molecule has 0 bridgehead atoms. The van der Waals surface area contributed by atoms with Crippen molar-refractivity contribution >= 4 is 5.91 Å². The Morgan fingerprint density at radius 1 is 0.967 bits per heavy atom. The molecule has 0 atom stereocenters. The van der Waals surface area contributed by atoms with Gasteiger partial charge >= 0.3 is 6.11 Å². The number of hydrogen-bond acceptors (Lipinski definition) is 2. The molecule has 0 radical (unpaired) electrons. The highest BCUT2D eigenvalue weighted by Gasteiger charge is 2.30. The Morgan fingerprint density at radius 2 is 1.63 bits per heavy atom. The summed E-state index contributed by atoms with van der Waals surface area (Å²) in [5, 5.41) is 0. The van der Waals surface area contributed by atoms with Gasteiger partial charge in [-0.25, -0.2) is 0 Å². The van der Waals surface area contributed by atoms with Crippen LogP contribution >= 0.6 is 0 Å². The van der Waals surface area contributed by atoms with Gasteiger partial charge in [0, 0.05) is 43.5 Å². The summed E-state index contributed by atoms with van der Waals surface area (Å²) in [4.78, 5) is 14.7. The van der Waals surface area contributed by atoms with Crippen LogP contribution in [0.5, 0.6) is 5.75 Å². The van der Waals surface area contributed by atoms with Gasteiger partial charge in [0.15, 0.2) is 0 Å². The number of likely N-dealkylation sites (tertiary alicyclic amines) is 1. The van der Waals surface area contributed by atoms with Crippen LogP contribution < -0.4 is 4.74 Å². The van der Waals surface area contributed by atoms with E-state index in [1.54, 1.807) is 17.0 Å². The van der Waals surface area contributed by atoms with E-state index in [0.717, 1.165) is 18.5 Å². The van der Waals surface area contributed by atoms with Gasteiger partial charge in [0.1, 0.15) is 5.75 Å². The van der Waals surface area contributed by atoms with E-state index in [-0.39, 0.29) is 17.2 Å². The van der Waals surface area contributed by atoms with Crippen LogP contribution in [0, 0.1) is 0 Å². The molecule has 3 aromatic rings. The maximum absolute atomic E-state index is 13.3. The summed E-state index contributed by atoms with van der Waals surface area (Å²) >= 11 is 0. The lowest BCUT2D eigenvalue weighted by molar-refractivity contribution is -0.159. The number of halogens is 2. The number of amides is 1. The van der Waals surface area contributed by atoms with Crippen molar-refractivity contribution in [1.29, 1.82) is 0 Å². The maximum Gasteiger partial charge on any atom is 0.394 e. The molecule has 4 rings (SSSR count). The number of ether oxygens (including phenoxy) is 1. The first-order valence-corrected chi connectivity index (χ1v) is 10.1. The first-order chi connectivity index (χ1) is 14.4. The number of aromatic nitrogens is 1. The van der Waals surface area contributed by atoms with Gasteiger partial charge in [-0.2, -0.15) is 8.78 Å². The number of hydrogen-bond donors (Lipinski definition) is 0. The van der Waals surface area contributed by atoms with Gasteiger partial charge in [0.05, 0.1) is 5.56 Å². The Balaban J connectivity index is 1.46. The Morgan fingerprint density at radius 3 is 2.33 bits per heavy atom. The molecule has 0 saturated carbocycles. The van der Waals surface area contributed by atoms with E-state index in [2.05, 4.69) is 29.0 Å². The topological polar surface area (TPSA) is 34.5 Å². The third-order valence-corrected chi connectivity index (χ3v) is 5.42. The SMILES string of the molecule is CC(F)(F)Oc1ccccc1C(=O)N1CCC(c2cccn2-c2ccccc2)CC1. The van der Waals surface area contributed by atoms with E-state index in [1.165, 1.54) is 17.8 Å². The van der Waals surface area contributed by atoms with Crippen LogP contribution in [-0.2, 0) is 0 Å². The lowest BCUT2D eigenvalue weighted by Crippen LogP contribution is -2.38. The molecule has 1 aliphatic heterocycles. The lowest BCUT2D eigenvalue weighted by Gasteiger charge is -2.33. The molecule has 30 heavy (non-hydrogen) atoms. The van der Waals surface area contributed by atoms with Crippen LogP contribution in [0.25, 0.3) is 5.69 Å². The molecule has 1 aromatic heterocycles. The van der Waals surface area contributed by atoms with Crippen LogP contribution in [0.2, 0.25) is 0 Å². The highest BCUT2D eigenvalue weighted by atomic mass is 19.3. The van der Waals surface area contributed by atoms with E-state index in [1.807, 2.05) is 24.3 Å². The molecule has 6 heteroatoms. The zero-order valence-electron chi connectivity index (χ0n) is 16.8. The summed E-state index contributed by atoms with van der Waals surface area (Å²) in [6, 6.07) is 20.5. The molecule has 0 aliphatic carbocycles. The number of para-hydroxylation sites is 2. The second-order valence-corrected chi connectivity index (χ2v) is 7.61. The van der Waals surface area contributed by atoms with Gasteiger partial charge in [0.25, 0.3) is 5.91 Å². The highest BCUT2D eigenvalue weighted by Crippen LogP contribution is 2.32. The number of carbonyl (C=O) groups is 1. The molecule has 2 aromatic carbocycles. The lowest BCUT2D eigenvalue weighted by atomic mass is 9.93. The molecule has 2 heterocycles. The van der Waals surface area contributed by atoms with Gasteiger partial charge in [-0.15, -0.1) is 0 Å². The van der Waals surface area contributed by atoms with Crippen molar-refractivity contribution in [3.05, 3.63) is 84.2 Å². The fraction of sp³-hybridized carbons (Fsp3) is 0.292. The van der Waals surface area contributed by atoms with Crippen LogP contribution in [0.15, 0.2) is 72.9 Å². The van der Waals surface area contributed by atoms with Gasteiger partial charge in [0.2, 0.25) is 0 Å². The molecule has 4 nitrogen and oxygen atoms in total. The number of benzene rings is 2. The number of piperidine rings is 1. The van der Waals surface area contributed by atoms with Gasteiger partial charge in [-0.05, 0) is 49.2 Å². The second-order valence-electron chi connectivity index (χ2n) is 7.61. The van der Waals surface area contributed by atoms with Crippen LogP contribution in [0.4, 0.5) is 8.78 Å². The molecule has 1 aliphatic rings. The van der Waals surface area contributed by atoms with Gasteiger partial charge in [-0.3, -0.25) is 4.79 Å². The molecular weight excluding hydrogens is 386 g/mol. The standard InChI is InChI=1S/C24H24F2N2O2/c1-24(25,26)30-22-12-6-5-10-20(22)23(29)27-16-13-18(14-17-27)21-11-7-15-28(21)19-8-3-2-4-9-19/h2-12,15,18H,13-14,16-17H2,1H3. The van der Waals surface area contributed by atoms with Crippen molar-refractivity contribution in [2.75, 3.05) is 13.1 Å². The smallest absolute Gasteiger partial charge is 0.394 e. The first kappa shape index (κ1) is 20.1. The van der Waals surface area contributed by atoms with E-state index in [4.69, 9.17) is 4.74 Å². The van der Waals surface area contributed by atoms with E-state index in [9.17, 15) is 13.6 Å². The highest BCUT2D eigenvalue weighted by molar-refractivity contribution is 5.97. The Bertz CT molecular complexity index is 1000. The fourth-order valence-corrected chi connectivity index (χ4v) is 4.02. The summed E-state index contributed by atoms with van der Waals surface area (Å²) in [7, 11) is 0. The Hall–Kier alpha value is -3.15. The van der Waals surface area contributed by atoms with Gasteiger partial charge < -0.3 is 14.2 Å². The minimum atomic E-state index is -3.34. The molecular formula is C24H24F2N2O2. The number of nitrogens with zero attached hydrogens (tertiary/aromatic N) is 2. The molecule has 1 amide bonds. The van der Waals surface area contributed by atoms with Crippen molar-refractivity contribution in [2.24, 2.45) is 0 Å². The molecule has 0 unspecified atom stereocenters. The summed E-state index contributed by atoms with van der Waals surface area (Å²) in [6.07, 6.45) is 0.345. The monoisotopic (exact) mass is 410 g/mol. The van der Waals surface area contributed by atoms with E-state index in [0.29, 0.717) is 25.9 Å². The number of alkyl halides is 2. The molecule has 156 valence electrons. The zero-order chi connectivity index (χ0) is 21.1. The Labute approximate surface area is 174 Å². The van der Waals surface area contributed by atoms with Gasteiger partial charge in [-0.1, -0.05) is 30.3 Å². The average molecular weight is 410 g/mol. The van der Waals surface area contributed by atoms with Crippen molar-refractivity contribution < 1.29 is 18.3 Å². The van der Waals surface area contributed by atoms with Crippen molar-refractivity contribution in [3.63, 3.8) is 0 Å². The minimum Gasteiger partial charge on any atom is -0.432 e. The largest absolute Gasteiger partial charge is 0.432 e. The zero-order valence-corrected chi connectivity index (χ0v) is 16.8. The van der Waals surface area contributed by atoms with E-state index < -0.39 is 6.11 Å². The van der Waals surface area contributed by atoms with Crippen LogP contribution in [0.3, 0.4) is 0 Å². The average Bonchev–Trinajstić information content (AvgIpc) is 3.23. The second kappa shape index (κ2) is 8.30. The molecule has 1 fully saturated rings. The number of rotatable bonds is 5. The first-order valence-electron chi connectivity index (χ1n) is 10.1. The summed E-state index contributed by atoms with van der Waals surface area (Å²) in [5.74, 6) is -0.0301. The Kier molecular flexibility index (Phi) is 5.57. The summed E-state index contributed by atoms with van der Waals surface area (Å²) in [6.45, 7) is 1.81. The molecule has 0 N–H and O–H groups in total.